The number of benzene rings is 1. The van der Waals surface area contributed by atoms with E-state index in [1.165, 1.54) is 6.07 Å². The highest BCUT2D eigenvalue weighted by Crippen LogP contribution is 2.15. The Morgan fingerprint density at radius 2 is 2.14 bits per heavy atom. The van der Waals surface area contributed by atoms with Gasteiger partial charge in [0.2, 0.25) is 10.0 Å². The number of nitrogens with zero attached hydrogens (tertiary/aromatic N) is 1. The molecule has 4 nitrogen and oxygen atoms in total. The first-order valence-corrected chi connectivity index (χ1v) is 5.49. The Morgan fingerprint density at radius 1 is 1.50 bits per heavy atom. The smallest absolute Gasteiger partial charge is 0.225 e. The van der Waals surface area contributed by atoms with Crippen LogP contribution in [0.5, 0.6) is 0 Å². The Morgan fingerprint density at radius 3 is 2.57 bits per heavy atom. The standard InChI is InChI=1S/C9H10N2O2S/c1-7-6-8(4-5-10)2-3-9(7)14(11,12)13/h2-3,6H,4H2,1H3,(H2,11,12,13). The lowest BCUT2D eigenvalue weighted by Crippen LogP contribution is -2.13. The Labute approximate surface area is 83.0 Å². The van der Waals surface area contributed by atoms with Crippen LogP contribution in [0.4, 0.5) is 0 Å². The first-order valence-electron chi connectivity index (χ1n) is 3.94. The molecule has 14 heavy (non-hydrogen) atoms. The summed E-state index contributed by atoms with van der Waals surface area (Å²) in [6.45, 7) is 1.65. The average Bonchev–Trinajstić information content (AvgIpc) is 2.02. The van der Waals surface area contributed by atoms with Gasteiger partial charge in [-0.1, -0.05) is 12.1 Å². The zero-order valence-corrected chi connectivity index (χ0v) is 8.50. The molecule has 0 aliphatic carbocycles. The monoisotopic (exact) mass is 210 g/mol. The third-order valence-electron chi connectivity index (χ3n) is 1.83. The number of nitrogens with two attached hydrogens (primary N) is 1. The van der Waals surface area contributed by atoms with Crippen LogP contribution >= 0.6 is 0 Å². The van der Waals surface area contributed by atoms with Gasteiger partial charge in [0.15, 0.2) is 0 Å². The molecule has 2 N–H and O–H groups in total. The minimum absolute atomic E-state index is 0.110. The summed E-state index contributed by atoms with van der Waals surface area (Å²) in [5.41, 5.74) is 1.36. The SMILES string of the molecule is Cc1cc(CC#N)ccc1S(N)(=O)=O. The number of sulfonamides is 1. The van der Waals surface area contributed by atoms with Crippen LogP contribution in [0, 0.1) is 18.3 Å². The van der Waals surface area contributed by atoms with Gasteiger partial charge in [-0.05, 0) is 24.1 Å². The summed E-state index contributed by atoms with van der Waals surface area (Å²) < 4.78 is 22.1. The van der Waals surface area contributed by atoms with Gasteiger partial charge in [0.25, 0.3) is 0 Å². The summed E-state index contributed by atoms with van der Waals surface area (Å²) in [7, 11) is -3.65. The van der Waals surface area contributed by atoms with Crippen LogP contribution in [-0.4, -0.2) is 8.42 Å². The van der Waals surface area contributed by atoms with E-state index >= 15 is 0 Å². The van der Waals surface area contributed by atoms with Crippen molar-refractivity contribution in [1.29, 1.82) is 5.26 Å². The second-order valence-corrected chi connectivity index (χ2v) is 4.51. The second kappa shape index (κ2) is 3.78. The molecule has 0 saturated heterocycles. The Hall–Kier alpha value is -1.38. The van der Waals surface area contributed by atoms with Crippen molar-refractivity contribution in [3.8, 4) is 6.07 Å². The molecule has 0 aromatic heterocycles. The normalized spacial score (nSPS) is 10.9. The fraction of sp³-hybridized carbons (Fsp3) is 0.222. The van der Waals surface area contributed by atoms with E-state index in [9.17, 15) is 8.42 Å². The van der Waals surface area contributed by atoms with Crippen molar-refractivity contribution in [2.45, 2.75) is 18.2 Å². The van der Waals surface area contributed by atoms with Gasteiger partial charge >= 0.3 is 0 Å². The van der Waals surface area contributed by atoms with E-state index in [1.807, 2.05) is 6.07 Å². The fourth-order valence-corrected chi connectivity index (χ4v) is 2.00. The summed E-state index contributed by atoms with van der Waals surface area (Å²) in [5.74, 6) is 0. The first kappa shape index (κ1) is 10.7. The van der Waals surface area contributed by atoms with Crippen LogP contribution < -0.4 is 5.14 Å². The minimum atomic E-state index is -3.65. The van der Waals surface area contributed by atoms with E-state index < -0.39 is 10.0 Å². The van der Waals surface area contributed by atoms with Crippen molar-refractivity contribution in [3.05, 3.63) is 29.3 Å². The molecule has 74 valence electrons. The Bertz CT molecular complexity index is 486. The molecule has 0 saturated carbocycles. The molecule has 1 rings (SSSR count). The molecule has 0 atom stereocenters. The van der Waals surface area contributed by atoms with Crippen LogP contribution in [0.2, 0.25) is 0 Å². The van der Waals surface area contributed by atoms with Crippen LogP contribution in [0.3, 0.4) is 0 Å². The number of hydrogen-bond donors (Lipinski definition) is 1. The number of hydrogen-bond acceptors (Lipinski definition) is 3. The fourth-order valence-electron chi connectivity index (χ4n) is 1.23. The zero-order valence-electron chi connectivity index (χ0n) is 7.69. The first-order chi connectivity index (χ1) is 6.45. The van der Waals surface area contributed by atoms with Gasteiger partial charge < -0.3 is 0 Å². The predicted molar refractivity (Wildman–Crippen MR) is 51.9 cm³/mol. The molecule has 0 amide bonds. The van der Waals surface area contributed by atoms with E-state index in [-0.39, 0.29) is 11.3 Å². The quantitative estimate of drug-likeness (QED) is 0.780. The molecule has 0 aliphatic rings. The van der Waals surface area contributed by atoms with E-state index in [4.69, 9.17) is 10.4 Å². The lowest BCUT2D eigenvalue weighted by molar-refractivity contribution is 0.597. The largest absolute Gasteiger partial charge is 0.238 e. The van der Waals surface area contributed by atoms with Crippen molar-refractivity contribution < 1.29 is 8.42 Å². The molecule has 0 fully saturated rings. The highest BCUT2D eigenvalue weighted by atomic mass is 32.2. The van der Waals surface area contributed by atoms with Crippen molar-refractivity contribution >= 4 is 10.0 Å². The molecule has 5 heteroatoms. The maximum atomic E-state index is 11.0. The summed E-state index contributed by atoms with van der Waals surface area (Å²) in [6, 6.07) is 6.67. The van der Waals surface area contributed by atoms with Crippen molar-refractivity contribution in [2.24, 2.45) is 5.14 Å². The number of nitriles is 1. The van der Waals surface area contributed by atoms with Gasteiger partial charge in [0.05, 0.1) is 17.4 Å². The van der Waals surface area contributed by atoms with Gasteiger partial charge in [-0.25, -0.2) is 13.6 Å². The van der Waals surface area contributed by atoms with Gasteiger partial charge in [-0.3, -0.25) is 0 Å². The number of aryl methyl sites for hydroxylation is 1. The van der Waals surface area contributed by atoms with Crippen molar-refractivity contribution in [1.82, 2.24) is 0 Å². The van der Waals surface area contributed by atoms with E-state index in [1.54, 1.807) is 19.1 Å². The molecule has 1 aromatic rings. The third kappa shape index (κ3) is 2.31. The van der Waals surface area contributed by atoms with Crippen LogP contribution in [0.1, 0.15) is 11.1 Å². The molecule has 1 aromatic carbocycles. The Balaban J connectivity index is 3.23. The zero-order chi connectivity index (χ0) is 10.8. The molecule has 0 unspecified atom stereocenters. The number of rotatable bonds is 2. The van der Waals surface area contributed by atoms with Gasteiger partial charge in [-0.2, -0.15) is 5.26 Å². The molecule has 0 heterocycles. The molecular weight excluding hydrogens is 200 g/mol. The summed E-state index contributed by atoms with van der Waals surface area (Å²) in [4.78, 5) is 0.110. The average molecular weight is 210 g/mol. The van der Waals surface area contributed by atoms with E-state index in [0.717, 1.165) is 5.56 Å². The molecule has 0 aliphatic heterocycles. The van der Waals surface area contributed by atoms with Gasteiger partial charge in [0, 0.05) is 0 Å². The van der Waals surface area contributed by atoms with E-state index in [2.05, 4.69) is 0 Å². The Kier molecular flexibility index (Phi) is 2.89. The van der Waals surface area contributed by atoms with E-state index in [0.29, 0.717) is 5.56 Å². The summed E-state index contributed by atoms with van der Waals surface area (Å²) >= 11 is 0. The van der Waals surface area contributed by atoms with Crippen LogP contribution in [-0.2, 0) is 16.4 Å². The van der Waals surface area contributed by atoms with Crippen molar-refractivity contribution in [3.63, 3.8) is 0 Å². The summed E-state index contributed by atoms with van der Waals surface area (Å²) in [6.07, 6.45) is 0.270. The minimum Gasteiger partial charge on any atom is -0.225 e. The van der Waals surface area contributed by atoms with Crippen LogP contribution in [0.25, 0.3) is 0 Å². The molecule has 0 spiro atoms. The molecule has 0 bridgehead atoms. The van der Waals surface area contributed by atoms with Gasteiger partial charge in [0.1, 0.15) is 0 Å². The lowest BCUT2D eigenvalue weighted by Gasteiger charge is -2.04. The maximum absolute atomic E-state index is 11.0. The second-order valence-electron chi connectivity index (χ2n) is 2.98. The van der Waals surface area contributed by atoms with Gasteiger partial charge in [-0.15, -0.1) is 0 Å². The topological polar surface area (TPSA) is 83.9 Å². The molecular formula is C9H10N2O2S. The predicted octanol–water partition coefficient (Wildman–Crippen LogP) is 0.709. The number of primary sulfonamides is 1. The van der Waals surface area contributed by atoms with Crippen LogP contribution in [0.15, 0.2) is 23.1 Å². The maximum Gasteiger partial charge on any atom is 0.238 e. The van der Waals surface area contributed by atoms with Crippen molar-refractivity contribution in [2.75, 3.05) is 0 Å². The third-order valence-corrected chi connectivity index (χ3v) is 2.90. The highest BCUT2D eigenvalue weighted by molar-refractivity contribution is 7.89. The lowest BCUT2D eigenvalue weighted by atomic mass is 10.1. The summed E-state index contributed by atoms with van der Waals surface area (Å²) in [5, 5.41) is 13.4. The highest BCUT2D eigenvalue weighted by Gasteiger charge is 2.10. The molecule has 0 radical (unpaired) electrons.